The second kappa shape index (κ2) is 8.44. The van der Waals surface area contributed by atoms with Crippen LogP contribution in [-0.2, 0) is 0 Å². The first-order chi connectivity index (χ1) is 14.6. The first-order valence-electron chi connectivity index (χ1n) is 9.27. The second-order valence-corrected chi connectivity index (χ2v) is 6.65. The molecule has 1 amide bonds. The van der Waals surface area contributed by atoms with E-state index in [-0.39, 0.29) is 23.6 Å². The maximum absolute atomic E-state index is 12.9. The van der Waals surface area contributed by atoms with Crippen molar-refractivity contribution in [1.82, 2.24) is 20.5 Å². The Kier molecular flexibility index (Phi) is 5.38. The molecule has 1 aromatic carbocycles. The van der Waals surface area contributed by atoms with Crippen LogP contribution in [0, 0.1) is 5.41 Å². The molecule has 1 atom stereocenters. The molecule has 8 nitrogen and oxygen atoms in total. The van der Waals surface area contributed by atoms with Crippen molar-refractivity contribution in [2.45, 2.75) is 12.5 Å². The van der Waals surface area contributed by atoms with Gasteiger partial charge in [0.15, 0.2) is 11.5 Å². The van der Waals surface area contributed by atoms with Crippen molar-refractivity contribution in [2.24, 2.45) is 0 Å². The number of aromatic amines is 1. The average Bonchev–Trinajstić information content (AvgIpc) is 3.46. The van der Waals surface area contributed by atoms with Gasteiger partial charge in [0.25, 0.3) is 5.91 Å². The maximum atomic E-state index is 12.9. The summed E-state index contributed by atoms with van der Waals surface area (Å²) in [5, 5.41) is 28.4. The van der Waals surface area contributed by atoms with Crippen LogP contribution in [-0.4, -0.2) is 31.9 Å². The largest absolute Gasteiger partial charge is 0.508 e. The number of carbonyl (C=O) groups excluding carboxylic acids is 1. The van der Waals surface area contributed by atoms with E-state index in [2.05, 4.69) is 20.5 Å². The lowest BCUT2D eigenvalue weighted by Gasteiger charge is -2.20. The van der Waals surface area contributed by atoms with Gasteiger partial charge in [-0.25, -0.2) is 0 Å². The Labute approximate surface area is 172 Å². The van der Waals surface area contributed by atoms with Gasteiger partial charge < -0.3 is 20.2 Å². The maximum Gasteiger partial charge on any atom is 0.272 e. The third-order valence-corrected chi connectivity index (χ3v) is 4.63. The van der Waals surface area contributed by atoms with E-state index >= 15 is 0 Å². The molecule has 0 aliphatic carbocycles. The van der Waals surface area contributed by atoms with Crippen LogP contribution < -0.4 is 5.32 Å². The number of nitrogens with one attached hydrogen (secondary N) is 3. The molecule has 0 bridgehead atoms. The first kappa shape index (κ1) is 19.1. The zero-order valence-corrected chi connectivity index (χ0v) is 15.9. The number of hydrogen-bond donors (Lipinski definition) is 4. The molecule has 1 unspecified atom stereocenters. The molecular formula is C22H19N5O3. The second-order valence-electron chi connectivity index (χ2n) is 6.65. The van der Waals surface area contributed by atoms with Crippen LogP contribution in [0.25, 0.3) is 11.5 Å². The molecule has 0 saturated carbocycles. The average molecular weight is 401 g/mol. The number of para-hydroxylation sites is 1. The smallest absolute Gasteiger partial charge is 0.272 e. The fourth-order valence-electron chi connectivity index (χ4n) is 3.11. The van der Waals surface area contributed by atoms with Gasteiger partial charge in [0.05, 0.1) is 12.3 Å². The van der Waals surface area contributed by atoms with E-state index in [1.54, 1.807) is 67.0 Å². The molecule has 0 aliphatic rings. The number of nitrogens with zero attached hydrogens (tertiary/aromatic N) is 2. The van der Waals surface area contributed by atoms with Crippen LogP contribution in [0.2, 0.25) is 0 Å². The van der Waals surface area contributed by atoms with Crippen LogP contribution in [0.1, 0.15) is 34.1 Å². The summed E-state index contributed by atoms with van der Waals surface area (Å²) in [5.74, 6) is 0.175. The number of phenolic OH excluding ortho intramolecular Hbond substituents is 1. The van der Waals surface area contributed by atoms with Crippen LogP contribution in [0.5, 0.6) is 5.75 Å². The van der Waals surface area contributed by atoms with E-state index < -0.39 is 11.9 Å². The van der Waals surface area contributed by atoms with E-state index in [4.69, 9.17) is 9.83 Å². The molecule has 0 aliphatic heterocycles. The van der Waals surface area contributed by atoms with Crippen LogP contribution in [0.15, 0.2) is 77.7 Å². The number of benzene rings is 1. The molecule has 8 heteroatoms. The summed E-state index contributed by atoms with van der Waals surface area (Å²) >= 11 is 0. The van der Waals surface area contributed by atoms with Gasteiger partial charge in [-0.3, -0.25) is 14.9 Å². The van der Waals surface area contributed by atoms with Crippen LogP contribution in [0.3, 0.4) is 0 Å². The number of rotatable bonds is 7. The van der Waals surface area contributed by atoms with Gasteiger partial charge in [0.2, 0.25) is 0 Å². The summed E-state index contributed by atoms with van der Waals surface area (Å²) in [7, 11) is 0. The molecule has 3 aromatic heterocycles. The Bertz CT molecular complexity index is 1150. The monoisotopic (exact) mass is 401 g/mol. The number of hydrogen-bond acceptors (Lipinski definition) is 6. The zero-order chi connectivity index (χ0) is 20.9. The number of phenols is 1. The van der Waals surface area contributed by atoms with Crippen molar-refractivity contribution in [3.05, 3.63) is 90.1 Å². The normalized spacial score (nSPS) is 11.7. The minimum absolute atomic E-state index is 0.0417. The van der Waals surface area contributed by atoms with Crippen molar-refractivity contribution < 1.29 is 14.3 Å². The molecule has 4 N–H and O–H groups in total. The zero-order valence-electron chi connectivity index (χ0n) is 15.9. The highest BCUT2D eigenvalue weighted by atomic mass is 16.3. The number of carbonyl (C=O) groups is 1. The van der Waals surface area contributed by atoms with Crippen molar-refractivity contribution in [1.29, 1.82) is 5.41 Å². The van der Waals surface area contributed by atoms with Gasteiger partial charge in [0, 0.05) is 41.7 Å². The highest BCUT2D eigenvalue weighted by Gasteiger charge is 2.22. The fourth-order valence-corrected chi connectivity index (χ4v) is 3.11. The summed E-state index contributed by atoms with van der Waals surface area (Å²) in [6.45, 7) is 0. The van der Waals surface area contributed by atoms with Gasteiger partial charge in [-0.1, -0.05) is 24.3 Å². The Balaban J connectivity index is 1.57. The first-order valence-corrected chi connectivity index (χ1v) is 9.27. The molecule has 30 heavy (non-hydrogen) atoms. The third-order valence-electron chi connectivity index (χ3n) is 4.63. The van der Waals surface area contributed by atoms with E-state index in [1.165, 1.54) is 6.26 Å². The lowest BCUT2D eigenvalue weighted by Crippen LogP contribution is -2.30. The fraction of sp³-hybridized carbons (Fsp3) is 0.0909. The third kappa shape index (κ3) is 4.12. The summed E-state index contributed by atoms with van der Waals surface area (Å²) in [4.78, 5) is 16.9. The number of aromatic nitrogens is 3. The lowest BCUT2D eigenvalue weighted by atomic mass is 9.97. The van der Waals surface area contributed by atoms with Crippen LogP contribution in [0.4, 0.5) is 0 Å². The summed E-state index contributed by atoms with van der Waals surface area (Å²) < 4.78 is 5.31. The quantitative estimate of drug-likeness (QED) is 0.351. The molecule has 3 heterocycles. The number of aromatic hydroxyl groups is 1. The highest BCUT2D eigenvalue weighted by molar-refractivity contribution is 5.99. The minimum Gasteiger partial charge on any atom is -0.508 e. The molecule has 0 fully saturated rings. The number of pyridine rings is 1. The topological polar surface area (TPSA) is 128 Å². The number of H-pyrrole nitrogens is 1. The lowest BCUT2D eigenvalue weighted by molar-refractivity contribution is 0.0932. The standard InChI is InChI=1S/C22H19N5O3/c23-16(14-5-3-9-24-13-14)11-17(15-6-1-2-7-20(15)28)25-22(29)19-12-18(26-27-19)21-8-4-10-30-21/h1-10,12-13,17,23,28H,11H2,(H,25,29)(H,26,27). The predicted octanol–water partition coefficient (Wildman–Crippen LogP) is 3.70. The molecule has 150 valence electrons. The van der Waals surface area contributed by atoms with Gasteiger partial charge in [-0.2, -0.15) is 5.10 Å². The highest BCUT2D eigenvalue weighted by Crippen LogP contribution is 2.28. The van der Waals surface area contributed by atoms with E-state index in [0.717, 1.165) is 0 Å². The van der Waals surface area contributed by atoms with Crippen molar-refractivity contribution in [3.8, 4) is 17.2 Å². The summed E-state index contributed by atoms with van der Waals surface area (Å²) in [6, 6.07) is 14.7. The molecule has 4 aromatic rings. The van der Waals surface area contributed by atoms with Gasteiger partial charge in [-0.05, 0) is 24.3 Å². The molecular weight excluding hydrogens is 382 g/mol. The molecule has 0 saturated heterocycles. The number of amides is 1. The Morgan fingerprint density at radius 1 is 1.20 bits per heavy atom. The van der Waals surface area contributed by atoms with Gasteiger partial charge in [0.1, 0.15) is 11.4 Å². The SMILES string of the molecule is N=C(CC(NC(=O)c1cc(-c2ccco2)[nH]n1)c1ccccc1O)c1cccnc1. The molecule has 0 radical (unpaired) electrons. The van der Waals surface area contributed by atoms with Crippen molar-refractivity contribution >= 4 is 11.6 Å². The van der Waals surface area contributed by atoms with Gasteiger partial charge in [-0.15, -0.1) is 0 Å². The summed E-state index contributed by atoms with van der Waals surface area (Å²) in [5.41, 5.74) is 2.20. The predicted molar refractivity (Wildman–Crippen MR) is 110 cm³/mol. The molecule has 4 rings (SSSR count). The number of furan rings is 1. The Morgan fingerprint density at radius 3 is 2.80 bits per heavy atom. The van der Waals surface area contributed by atoms with Crippen LogP contribution >= 0.6 is 0 Å². The van der Waals surface area contributed by atoms with E-state index in [1.807, 2.05) is 0 Å². The Morgan fingerprint density at radius 2 is 2.07 bits per heavy atom. The van der Waals surface area contributed by atoms with Crippen molar-refractivity contribution in [3.63, 3.8) is 0 Å². The van der Waals surface area contributed by atoms with Gasteiger partial charge >= 0.3 is 0 Å². The van der Waals surface area contributed by atoms with E-state index in [9.17, 15) is 9.90 Å². The van der Waals surface area contributed by atoms with E-state index in [0.29, 0.717) is 22.6 Å². The molecule has 0 spiro atoms. The minimum atomic E-state index is -0.629. The summed E-state index contributed by atoms with van der Waals surface area (Å²) in [6.07, 6.45) is 4.93. The Hall–Kier alpha value is -4.20. The van der Waals surface area contributed by atoms with Crippen molar-refractivity contribution in [2.75, 3.05) is 0 Å².